The molecule has 26 heavy (non-hydrogen) atoms. The Bertz CT molecular complexity index is 899. The lowest BCUT2D eigenvalue weighted by molar-refractivity contribution is 0.210. The van der Waals surface area contributed by atoms with E-state index >= 15 is 0 Å². The summed E-state index contributed by atoms with van der Waals surface area (Å²) in [6.07, 6.45) is 8.72. The second kappa shape index (κ2) is 6.65. The van der Waals surface area contributed by atoms with Crippen LogP contribution in [0.15, 0.2) is 48.8 Å². The maximum Gasteiger partial charge on any atom is 0.162 e. The van der Waals surface area contributed by atoms with Crippen molar-refractivity contribution in [3.05, 3.63) is 48.8 Å². The molecule has 0 atom stereocenters. The van der Waals surface area contributed by atoms with Crippen LogP contribution in [0.4, 0.5) is 5.82 Å². The number of likely N-dealkylation sites (tertiary alicyclic amines) is 1. The summed E-state index contributed by atoms with van der Waals surface area (Å²) in [6.45, 7) is 2.39. The zero-order valence-electron chi connectivity index (χ0n) is 14.8. The van der Waals surface area contributed by atoms with Crippen LogP contribution < -0.4 is 5.32 Å². The van der Waals surface area contributed by atoms with Crippen molar-refractivity contribution >= 4 is 16.7 Å². The topological polar surface area (TPSA) is 53.9 Å². The van der Waals surface area contributed by atoms with E-state index in [1.807, 2.05) is 18.2 Å². The number of fused-ring (bicyclic) bond motifs is 1. The summed E-state index contributed by atoms with van der Waals surface area (Å²) < 4.78 is 0. The van der Waals surface area contributed by atoms with Crippen molar-refractivity contribution in [1.82, 2.24) is 19.9 Å². The average molecular weight is 345 g/mol. The van der Waals surface area contributed by atoms with E-state index in [1.165, 1.54) is 38.8 Å². The predicted octanol–water partition coefficient (Wildman–Crippen LogP) is 3.73. The van der Waals surface area contributed by atoms with Crippen molar-refractivity contribution < 1.29 is 0 Å². The third-order valence-corrected chi connectivity index (χ3v) is 5.48. The van der Waals surface area contributed by atoms with Crippen LogP contribution in [0.1, 0.15) is 25.7 Å². The monoisotopic (exact) mass is 345 g/mol. The smallest absolute Gasteiger partial charge is 0.162 e. The van der Waals surface area contributed by atoms with Crippen LogP contribution in [0.3, 0.4) is 0 Å². The third-order valence-electron chi connectivity index (χ3n) is 5.48. The molecular formula is C21H23N5. The fourth-order valence-corrected chi connectivity index (χ4v) is 3.86. The molecular weight excluding hydrogens is 322 g/mol. The molecule has 2 aliphatic rings. The van der Waals surface area contributed by atoms with E-state index in [4.69, 9.17) is 9.97 Å². The summed E-state index contributed by atoms with van der Waals surface area (Å²) in [4.78, 5) is 16.4. The van der Waals surface area contributed by atoms with E-state index in [2.05, 4.69) is 33.4 Å². The minimum absolute atomic E-state index is 0.480. The molecule has 0 radical (unpaired) electrons. The molecule has 1 N–H and O–H groups in total. The highest BCUT2D eigenvalue weighted by Crippen LogP contribution is 2.31. The van der Waals surface area contributed by atoms with Crippen molar-refractivity contribution in [2.24, 2.45) is 0 Å². The lowest BCUT2D eigenvalue weighted by Gasteiger charge is -2.32. The first-order chi connectivity index (χ1) is 12.9. The summed E-state index contributed by atoms with van der Waals surface area (Å²) in [5.41, 5.74) is 1.98. The van der Waals surface area contributed by atoms with Gasteiger partial charge in [0.2, 0.25) is 0 Å². The minimum atomic E-state index is 0.480. The van der Waals surface area contributed by atoms with Crippen LogP contribution >= 0.6 is 0 Å². The van der Waals surface area contributed by atoms with Crippen molar-refractivity contribution in [2.45, 2.75) is 37.8 Å². The fraction of sp³-hybridized carbons (Fsp3) is 0.381. The molecule has 0 bridgehead atoms. The summed E-state index contributed by atoms with van der Waals surface area (Å²) in [6, 6.07) is 13.5. The summed E-state index contributed by atoms with van der Waals surface area (Å²) in [5.74, 6) is 1.70. The average Bonchev–Trinajstić information content (AvgIpc) is 3.54. The Morgan fingerprint density at radius 1 is 0.885 bits per heavy atom. The Labute approximate surface area is 153 Å². The molecule has 0 spiro atoms. The van der Waals surface area contributed by atoms with E-state index in [0.29, 0.717) is 6.04 Å². The van der Waals surface area contributed by atoms with Crippen molar-refractivity contribution in [1.29, 1.82) is 0 Å². The molecule has 0 unspecified atom stereocenters. The third kappa shape index (κ3) is 3.15. The first kappa shape index (κ1) is 15.7. The number of benzene rings is 1. The van der Waals surface area contributed by atoms with Crippen molar-refractivity contribution in [3.63, 3.8) is 0 Å². The van der Waals surface area contributed by atoms with E-state index in [1.54, 1.807) is 12.4 Å². The van der Waals surface area contributed by atoms with Gasteiger partial charge < -0.3 is 10.2 Å². The second-order valence-corrected chi connectivity index (χ2v) is 7.33. The maximum absolute atomic E-state index is 4.87. The molecule has 1 aromatic carbocycles. The van der Waals surface area contributed by atoms with Gasteiger partial charge >= 0.3 is 0 Å². The van der Waals surface area contributed by atoms with Crippen LogP contribution in [0.25, 0.3) is 22.3 Å². The van der Waals surface area contributed by atoms with Crippen molar-refractivity contribution in [3.8, 4) is 11.4 Å². The van der Waals surface area contributed by atoms with Gasteiger partial charge in [0.05, 0.1) is 5.52 Å². The molecule has 1 saturated carbocycles. The minimum Gasteiger partial charge on any atom is -0.367 e. The molecule has 3 aromatic rings. The van der Waals surface area contributed by atoms with Gasteiger partial charge in [-0.1, -0.05) is 12.1 Å². The number of hydrogen-bond acceptors (Lipinski definition) is 5. The molecule has 1 aliphatic carbocycles. The van der Waals surface area contributed by atoms with Gasteiger partial charge in [-0.25, -0.2) is 9.97 Å². The van der Waals surface area contributed by atoms with Gasteiger partial charge in [-0.3, -0.25) is 4.98 Å². The number of pyridine rings is 1. The lowest BCUT2D eigenvalue weighted by atomic mass is 10.0. The molecule has 5 heteroatoms. The van der Waals surface area contributed by atoms with E-state index in [9.17, 15) is 0 Å². The highest BCUT2D eigenvalue weighted by Gasteiger charge is 2.31. The molecule has 1 aliphatic heterocycles. The first-order valence-electron chi connectivity index (χ1n) is 9.54. The number of nitrogens with zero attached hydrogens (tertiary/aromatic N) is 4. The Morgan fingerprint density at radius 3 is 2.42 bits per heavy atom. The lowest BCUT2D eigenvalue weighted by Crippen LogP contribution is -2.40. The normalized spacial score (nSPS) is 18.9. The van der Waals surface area contributed by atoms with Crippen molar-refractivity contribution in [2.75, 3.05) is 18.4 Å². The van der Waals surface area contributed by atoms with E-state index in [0.717, 1.165) is 34.2 Å². The highest BCUT2D eigenvalue weighted by molar-refractivity contribution is 5.90. The summed E-state index contributed by atoms with van der Waals surface area (Å²) in [7, 11) is 0. The largest absolute Gasteiger partial charge is 0.367 e. The fourth-order valence-electron chi connectivity index (χ4n) is 3.86. The molecule has 5 nitrogen and oxygen atoms in total. The predicted molar refractivity (Wildman–Crippen MR) is 104 cm³/mol. The second-order valence-electron chi connectivity index (χ2n) is 7.33. The van der Waals surface area contributed by atoms with Crippen LogP contribution in [-0.2, 0) is 0 Å². The van der Waals surface area contributed by atoms with Gasteiger partial charge in [0.25, 0.3) is 0 Å². The summed E-state index contributed by atoms with van der Waals surface area (Å²) in [5, 5.41) is 4.81. The van der Waals surface area contributed by atoms with E-state index < -0.39 is 0 Å². The van der Waals surface area contributed by atoms with Gasteiger partial charge in [0, 0.05) is 48.5 Å². The molecule has 0 amide bonds. The first-order valence-corrected chi connectivity index (χ1v) is 9.54. The number of anilines is 1. The number of para-hydroxylation sites is 1. The quantitative estimate of drug-likeness (QED) is 0.781. The van der Waals surface area contributed by atoms with Gasteiger partial charge in [0.1, 0.15) is 5.82 Å². The van der Waals surface area contributed by atoms with Crippen LogP contribution in [0.5, 0.6) is 0 Å². The molecule has 132 valence electrons. The molecule has 2 fully saturated rings. The molecule has 5 rings (SSSR count). The van der Waals surface area contributed by atoms with E-state index in [-0.39, 0.29) is 0 Å². The van der Waals surface area contributed by atoms with Crippen LogP contribution in [-0.4, -0.2) is 45.0 Å². The Hall–Kier alpha value is -2.53. The van der Waals surface area contributed by atoms with Gasteiger partial charge in [0.15, 0.2) is 5.82 Å². The van der Waals surface area contributed by atoms with Gasteiger partial charge in [-0.05, 0) is 49.9 Å². The Kier molecular flexibility index (Phi) is 4.02. The maximum atomic E-state index is 4.87. The zero-order chi connectivity index (χ0) is 17.3. The van der Waals surface area contributed by atoms with Crippen LogP contribution in [0, 0.1) is 0 Å². The zero-order valence-corrected chi connectivity index (χ0v) is 14.8. The highest BCUT2D eigenvalue weighted by atomic mass is 15.2. The number of aromatic nitrogens is 3. The summed E-state index contributed by atoms with van der Waals surface area (Å²) >= 11 is 0. The van der Waals surface area contributed by atoms with Gasteiger partial charge in [-0.2, -0.15) is 0 Å². The Morgan fingerprint density at radius 2 is 1.65 bits per heavy atom. The number of nitrogens with one attached hydrogen (secondary N) is 1. The Balaban J connectivity index is 1.44. The molecule has 2 aromatic heterocycles. The number of rotatable bonds is 4. The molecule has 3 heterocycles. The number of piperidine rings is 1. The SMILES string of the molecule is c1ccc2c(NC3CCN(C4CC4)CC3)nc(-c3ccncc3)nc2c1. The van der Waals surface area contributed by atoms with Crippen LogP contribution in [0.2, 0.25) is 0 Å². The molecule has 1 saturated heterocycles. The standard InChI is InChI=1S/C21H23N5/c1-2-4-19-18(3-1)21(25-20(24-19)15-7-11-22-12-8-15)23-16-9-13-26(14-10-16)17-5-6-17/h1-4,7-8,11-12,16-17H,5-6,9-10,13-14H2,(H,23,24,25). The van der Waals surface area contributed by atoms with Gasteiger partial charge in [-0.15, -0.1) is 0 Å². The number of hydrogen-bond donors (Lipinski definition) is 1.